The zero-order valence-corrected chi connectivity index (χ0v) is 11.3. The number of benzene rings is 1. The van der Waals surface area contributed by atoms with E-state index in [4.69, 9.17) is 4.74 Å². The number of ether oxygens (including phenoxy) is 1. The molecule has 1 aromatic rings. The van der Waals surface area contributed by atoms with Crippen molar-refractivity contribution in [1.82, 2.24) is 10.2 Å². The summed E-state index contributed by atoms with van der Waals surface area (Å²) in [6.45, 7) is 5.16. The van der Waals surface area contributed by atoms with Gasteiger partial charge in [-0.15, -0.1) is 0 Å². The van der Waals surface area contributed by atoms with Gasteiger partial charge in [-0.2, -0.15) is 0 Å². The molecule has 4 heteroatoms. The Kier molecular flexibility index (Phi) is 3.42. The molecule has 2 heterocycles. The van der Waals surface area contributed by atoms with Crippen LogP contribution in [0.3, 0.4) is 0 Å². The van der Waals surface area contributed by atoms with Gasteiger partial charge >= 0.3 is 0 Å². The van der Waals surface area contributed by atoms with Gasteiger partial charge in [0.1, 0.15) is 5.75 Å². The lowest BCUT2D eigenvalue weighted by molar-refractivity contribution is -0.132. The predicted octanol–water partition coefficient (Wildman–Crippen LogP) is 1.37. The van der Waals surface area contributed by atoms with Crippen LogP contribution in [0.5, 0.6) is 5.75 Å². The van der Waals surface area contributed by atoms with Gasteiger partial charge < -0.3 is 15.0 Å². The number of rotatable bonds is 2. The van der Waals surface area contributed by atoms with E-state index in [1.165, 1.54) is 5.56 Å². The van der Waals surface area contributed by atoms with Gasteiger partial charge in [-0.1, -0.05) is 18.2 Å². The van der Waals surface area contributed by atoms with E-state index >= 15 is 0 Å². The first-order valence-electron chi connectivity index (χ1n) is 6.99. The monoisotopic (exact) mass is 260 g/mol. The zero-order valence-electron chi connectivity index (χ0n) is 11.3. The topological polar surface area (TPSA) is 41.6 Å². The van der Waals surface area contributed by atoms with Crippen LogP contribution in [0, 0.1) is 0 Å². The Morgan fingerprint density at radius 2 is 2.26 bits per heavy atom. The van der Waals surface area contributed by atoms with Crippen molar-refractivity contribution in [1.29, 1.82) is 0 Å². The minimum Gasteiger partial charge on any atom is -0.493 e. The molecule has 1 N–H and O–H groups in total. The maximum absolute atomic E-state index is 12.3. The highest BCUT2D eigenvalue weighted by molar-refractivity contribution is 5.81. The fourth-order valence-corrected chi connectivity index (χ4v) is 2.89. The second-order valence-electron chi connectivity index (χ2n) is 5.36. The van der Waals surface area contributed by atoms with Crippen LogP contribution in [-0.4, -0.2) is 43.1 Å². The fraction of sp³-hybridized carbons (Fsp3) is 0.533. The normalized spacial score (nSPS) is 26.8. The van der Waals surface area contributed by atoms with E-state index in [1.54, 1.807) is 0 Å². The second kappa shape index (κ2) is 5.21. The molecule has 0 spiro atoms. The van der Waals surface area contributed by atoms with Gasteiger partial charge in [-0.3, -0.25) is 4.79 Å². The lowest BCUT2D eigenvalue weighted by atomic mass is 10.0. The molecule has 2 aliphatic rings. The summed E-state index contributed by atoms with van der Waals surface area (Å²) in [6, 6.07) is 8.07. The molecule has 4 nitrogen and oxygen atoms in total. The first-order chi connectivity index (χ1) is 9.25. The molecular weight excluding hydrogens is 240 g/mol. The van der Waals surface area contributed by atoms with Crippen LogP contribution in [0.1, 0.15) is 24.8 Å². The number of hydrogen-bond donors (Lipinski definition) is 1. The van der Waals surface area contributed by atoms with Gasteiger partial charge in [0.15, 0.2) is 0 Å². The lowest BCUT2D eigenvalue weighted by Gasteiger charge is -2.25. The van der Waals surface area contributed by atoms with Crippen molar-refractivity contribution in [3.8, 4) is 5.75 Å². The molecule has 2 unspecified atom stereocenters. The highest BCUT2D eigenvalue weighted by Crippen LogP contribution is 2.34. The first-order valence-corrected chi connectivity index (χ1v) is 6.99. The number of nitrogens with zero attached hydrogens (tertiary/aromatic N) is 1. The van der Waals surface area contributed by atoms with Crippen molar-refractivity contribution >= 4 is 5.91 Å². The molecule has 19 heavy (non-hydrogen) atoms. The van der Waals surface area contributed by atoms with Gasteiger partial charge in [0.05, 0.1) is 12.6 Å². The van der Waals surface area contributed by atoms with E-state index in [-0.39, 0.29) is 11.9 Å². The molecule has 1 fully saturated rings. The molecule has 2 atom stereocenters. The fourth-order valence-electron chi connectivity index (χ4n) is 2.89. The lowest BCUT2D eigenvalue weighted by Crippen LogP contribution is -2.43. The summed E-state index contributed by atoms with van der Waals surface area (Å²) in [7, 11) is 0. The number of carbonyl (C=O) groups is 1. The summed E-state index contributed by atoms with van der Waals surface area (Å²) in [5.74, 6) is 1.49. The van der Waals surface area contributed by atoms with E-state index in [0.717, 1.165) is 31.8 Å². The van der Waals surface area contributed by atoms with Gasteiger partial charge in [0.25, 0.3) is 0 Å². The zero-order chi connectivity index (χ0) is 13.2. The molecule has 3 rings (SSSR count). The smallest absolute Gasteiger partial charge is 0.239 e. The van der Waals surface area contributed by atoms with Crippen LogP contribution in [-0.2, 0) is 4.79 Å². The van der Waals surface area contributed by atoms with Crippen molar-refractivity contribution in [3.63, 3.8) is 0 Å². The molecule has 0 aromatic heterocycles. The van der Waals surface area contributed by atoms with Gasteiger partial charge in [0, 0.05) is 24.6 Å². The maximum atomic E-state index is 12.3. The van der Waals surface area contributed by atoms with Crippen LogP contribution in [0.25, 0.3) is 0 Å². The number of nitrogens with one attached hydrogen (secondary N) is 1. The molecular formula is C15H20N2O2. The van der Waals surface area contributed by atoms with Gasteiger partial charge in [-0.05, 0) is 26.0 Å². The minimum absolute atomic E-state index is 0.0694. The number of para-hydroxylation sites is 1. The van der Waals surface area contributed by atoms with Crippen molar-refractivity contribution in [2.24, 2.45) is 0 Å². The van der Waals surface area contributed by atoms with E-state index in [9.17, 15) is 4.79 Å². The second-order valence-corrected chi connectivity index (χ2v) is 5.36. The summed E-state index contributed by atoms with van der Waals surface area (Å²) in [5.41, 5.74) is 1.24. The van der Waals surface area contributed by atoms with Crippen LogP contribution in [0.2, 0.25) is 0 Å². The molecule has 1 amide bonds. The Morgan fingerprint density at radius 1 is 1.42 bits per heavy atom. The Bertz CT molecular complexity index is 475. The number of hydrogen-bond acceptors (Lipinski definition) is 3. The quantitative estimate of drug-likeness (QED) is 0.873. The highest BCUT2D eigenvalue weighted by atomic mass is 16.5. The number of fused-ring (bicyclic) bond motifs is 1. The third kappa shape index (κ3) is 2.45. The largest absolute Gasteiger partial charge is 0.493 e. The van der Waals surface area contributed by atoms with E-state index < -0.39 is 0 Å². The van der Waals surface area contributed by atoms with Gasteiger partial charge in [0.2, 0.25) is 5.91 Å². The third-order valence-corrected chi connectivity index (χ3v) is 3.98. The first kappa shape index (κ1) is 12.5. The average Bonchev–Trinajstić information content (AvgIpc) is 2.77. The van der Waals surface area contributed by atoms with E-state index in [2.05, 4.69) is 11.4 Å². The van der Waals surface area contributed by atoms with Crippen LogP contribution < -0.4 is 10.1 Å². The van der Waals surface area contributed by atoms with Crippen molar-refractivity contribution < 1.29 is 9.53 Å². The van der Waals surface area contributed by atoms with Crippen molar-refractivity contribution in [2.75, 3.05) is 26.2 Å². The molecule has 0 bridgehead atoms. The third-order valence-electron chi connectivity index (χ3n) is 3.98. The van der Waals surface area contributed by atoms with E-state index in [1.807, 2.05) is 30.0 Å². The van der Waals surface area contributed by atoms with Crippen LogP contribution >= 0.6 is 0 Å². The van der Waals surface area contributed by atoms with E-state index in [0.29, 0.717) is 12.5 Å². The highest BCUT2D eigenvalue weighted by Gasteiger charge is 2.30. The SMILES string of the molecule is CC1NCCCN(CC2COc3ccccc32)C1=O. The maximum Gasteiger partial charge on any atom is 0.239 e. The molecule has 1 aromatic carbocycles. The summed E-state index contributed by atoms with van der Waals surface area (Å²) >= 11 is 0. The Morgan fingerprint density at radius 3 is 3.16 bits per heavy atom. The van der Waals surface area contributed by atoms with Crippen LogP contribution in [0.4, 0.5) is 0 Å². The molecule has 0 aliphatic carbocycles. The predicted molar refractivity (Wildman–Crippen MR) is 73.3 cm³/mol. The van der Waals surface area contributed by atoms with Crippen LogP contribution in [0.15, 0.2) is 24.3 Å². The standard InChI is InChI=1S/C15H20N2O2/c1-11-15(18)17(8-4-7-16-11)9-12-10-19-14-6-3-2-5-13(12)14/h2-3,5-6,11-12,16H,4,7-10H2,1H3. The van der Waals surface area contributed by atoms with Gasteiger partial charge in [-0.25, -0.2) is 0 Å². The minimum atomic E-state index is -0.0694. The van der Waals surface area contributed by atoms with Crippen molar-refractivity contribution in [2.45, 2.75) is 25.3 Å². The summed E-state index contributed by atoms with van der Waals surface area (Å²) in [5, 5.41) is 3.25. The molecule has 102 valence electrons. The summed E-state index contributed by atoms with van der Waals surface area (Å²) < 4.78 is 5.69. The molecule has 0 saturated carbocycles. The Labute approximate surface area is 113 Å². The Hall–Kier alpha value is -1.55. The van der Waals surface area contributed by atoms with Crippen molar-refractivity contribution in [3.05, 3.63) is 29.8 Å². The molecule has 2 aliphatic heterocycles. The Balaban J connectivity index is 1.73. The molecule has 1 saturated heterocycles. The molecule has 0 radical (unpaired) electrons. The summed E-state index contributed by atoms with van der Waals surface area (Å²) in [6.07, 6.45) is 1.02. The number of amides is 1. The average molecular weight is 260 g/mol. The number of carbonyl (C=O) groups excluding carboxylic acids is 1. The summed E-state index contributed by atoms with van der Waals surface area (Å²) in [4.78, 5) is 14.3.